The first-order valence-corrected chi connectivity index (χ1v) is 8.19. The lowest BCUT2D eigenvalue weighted by molar-refractivity contribution is -0.385. The van der Waals surface area contributed by atoms with Crippen molar-refractivity contribution in [2.24, 2.45) is 0 Å². The molecule has 0 saturated heterocycles. The Bertz CT molecular complexity index is 741. The highest BCUT2D eigenvalue weighted by Gasteiger charge is 2.24. The predicted octanol–water partition coefficient (Wildman–Crippen LogP) is 2.16. The summed E-state index contributed by atoms with van der Waals surface area (Å²) in [4.78, 5) is 46.2. The second kappa shape index (κ2) is 8.97. The number of nitro groups is 1. The molecule has 1 aromatic carbocycles. The predicted molar refractivity (Wildman–Crippen MR) is 95.6 cm³/mol. The molecule has 1 rings (SSSR count). The van der Waals surface area contributed by atoms with Crippen molar-refractivity contribution in [2.75, 3.05) is 6.61 Å². The number of amides is 3. The van der Waals surface area contributed by atoms with Crippen LogP contribution in [0.2, 0.25) is 0 Å². The number of hydrogen-bond donors (Lipinski definition) is 2. The van der Waals surface area contributed by atoms with E-state index >= 15 is 0 Å². The Hall–Kier alpha value is -3.17. The maximum Gasteiger partial charge on any atom is 0.339 e. The summed E-state index contributed by atoms with van der Waals surface area (Å²) in [6.07, 6.45) is -1.28. The van der Waals surface area contributed by atoms with E-state index in [4.69, 9.17) is 9.47 Å². The average molecular weight is 381 g/mol. The molecule has 10 heteroatoms. The van der Waals surface area contributed by atoms with E-state index in [-0.39, 0.29) is 17.9 Å². The fourth-order valence-corrected chi connectivity index (χ4v) is 1.93. The average Bonchev–Trinajstić information content (AvgIpc) is 2.53. The number of ether oxygens (including phenoxy) is 2. The van der Waals surface area contributed by atoms with Crippen molar-refractivity contribution in [3.63, 3.8) is 0 Å². The Labute approximate surface area is 156 Å². The molecule has 0 fully saturated rings. The molecule has 0 radical (unpaired) electrons. The number of nitro benzene ring substituents is 1. The first-order chi connectivity index (χ1) is 12.4. The second-order valence-electron chi connectivity index (χ2n) is 6.61. The van der Waals surface area contributed by atoms with Gasteiger partial charge in [-0.25, -0.2) is 9.59 Å². The van der Waals surface area contributed by atoms with Crippen LogP contribution in [0.4, 0.5) is 10.5 Å². The van der Waals surface area contributed by atoms with Crippen LogP contribution >= 0.6 is 0 Å². The van der Waals surface area contributed by atoms with Crippen LogP contribution in [0.5, 0.6) is 5.75 Å². The highest BCUT2D eigenvalue weighted by molar-refractivity contribution is 5.98. The van der Waals surface area contributed by atoms with Gasteiger partial charge in [0.05, 0.1) is 17.1 Å². The molecule has 0 bridgehead atoms. The molecule has 3 amide bonds. The number of carbonyl (C=O) groups is 3. The van der Waals surface area contributed by atoms with Crippen LogP contribution in [-0.2, 0) is 9.53 Å². The highest BCUT2D eigenvalue weighted by Crippen LogP contribution is 2.28. The van der Waals surface area contributed by atoms with Gasteiger partial charge < -0.3 is 14.8 Å². The third-order valence-corrected chi connectivity index (χ3v) is 3.07. The van der Waals surface area contributed by atoms with Crippen molar-refractivity contribution in [3.05, 3.63) is 33.9 Å². The zero-order valence-corrected chi connectivity index (χ0v) is 15.8. The molecule has 0 aliphatic carbocycles. The summed E-state index contributed by atoms with van der Waals surface area (Å²) in [5.74, 6) is -1.76. The minimum absolute atomic E-state index is 0.0173. The van der Waals surface area contributed by atoms with E-state index in [9.17, 15) is 24.5 Å². The fourth-order valence-electron chi connectivity index (χ4n) is 1.93. The molecule has 1 aromatic rings. The van der Waals surface area contributed by atoms with Crippen molar-refractivity contribution in [3.8, 4) is 5.75 Å². The van der Waals surface area contributed by atoms with Crippen LogP contribution in [0.25, 0.3) is 0 Å². The Morgan fingerprint density at radius 2 is 1.89 bits per heavy atom. The van der Waals surface area contributed by atoms with E-state index in [2.05, 4.69) is 10.6 Å². The van der Waals surface area contributed by atoms with E-state index in [0.717, 1.165) is 6.07 Å². The van der Waals surface area contributed by atoms with Crippen molar-refractivity contribution >= 4 is 23.6 Å². The molecular formula is C17H23N3O7. The van der Waals surface area contributed by atoms with Crippen LogP contribution in [0.15, 0.2) is 18.2 Å². The zero-order chi connectivity index (χ0) is 20.8. The summed E-state index contributed by atoms with van der Waals surface area (Å²) < 4.78 is 10.1. The largest absolute Gasteiger partial charge is 0.487 e. The summed E-state index contributed by atoms with van der Waals surface area (Å²) in [6, 6.07) is 2.84. The molecule has 10 nitrogen and oxygen atoms in total. The summed E-state index contributed by atoms with van der Waals surface area (Å²) in [5, 5.41) is 15.7. The quantitative estimate of drug-likeness (QED) is 0.437. The minimum Gasteiger partial charge on any atom is -0.487 e. The third-order valence-electron chi connectivity index (χ3n) is 3.07. The van der Waals surface area contributed by atoms with Gasteiger partial charge in [0, 0.05) is 11.6 Å². The third kappa shape index (κ3) is 6.92. The Kier molecular flexibility index (Phi) is 7.26. The Morgan fingerprint density at radius 3 is 2.41 bits per heavy atom. The van der Waals surface area contributed by atoms with Gasteiger partial charge in [-0.05, 0) is 46.8 Å². The van der Waals surface area contributed by atoms with E-state index in [1.54, 1.807) is 27.7 Å². The number of hydrogen-bond acceptors (Lipinski definition) is 7. The molecule has 27 heavy (non-hydrogen) atoms. The zero-order valence-electron chi connectivity index (χ0n) is 15.8. The number of nitrogens with zero attached hydrogens (tertiary/aromatic N) is 1. The van der Waals surface area contributed by atoms with Crippen LogP contribution in [0.1, 0.15) is 45.0 Å². The second-order valence-corrected chi connectivity index (χ2v) is 6.61. The summed E-state index contributed by atoms with van der Waals surface area (Å²) in [7, 11) is 0. The van der Waals surface area contributed by atoms with Gasteiger partial charge in [0.1, 0.15) is 0 Å². The first kappa shape index (κ1) is 21.9. The Balaban J connectivity index is 2.80. The van der Waals surface area contributed by atoms with Crippen molar-refractivity contribution in [2.45, 2.75) is 46.3 Å². The summed E-state index contributed by atoms with van der Waals surface area (Å²) >= 11 is 0. The number of imide groups is 1. The normalized spacial score (nSPS) is 11.9. The van der Waals surface area contributed by atoms with Crippen molar-refractivity contribution < 1.29 is 28.8 Å². The summed E-state index contributed by atoms with van der Waals surface area (Å²) in [5.41, 5.74) is -1.07. The van der Waals surface area contributed by atoms with Gasteiger partial charge in [-0.3, -0.25) is 20.2 Å². The van der Waals surface area contributed by atoms with Crippen LogP contribution in [0, 0.1) is 10.1 Å². The van der Waals surface area contributed by atoms with E-state index in [1.165, 1.54) is 19.1 Å². The molecule has 0 aliphatic heterocycles. The lowest BCUT2D eigenvalue weighted by atomic mass is 10.1. The molecule has 0 spiro atoms. The highest BCUT2D eigenvalue weighted by atomic mass is 16.6. The smallest absolute Gasteiger partial charge is 0.339 e. The fraction of sp³-hybridized carbons (Fsp3) is 0.471. The molecule has 0 aliphatic rings. The SMILES string of the molecule is CCOc1ccc(C(=O)O[C@@H](C)C(=O)NC(=O)NC(C)(C)C)cc1[N+](=O)[O-]. The standard InChI is InChI=1S/C17H23N3O7/c1-6-26-13-8-7-11(9-12(13)20(24)25)15(22)27-10(2)14(21)18-16(23)19-17(3,4)5/h7-10H,6H2,1-5H3,(H2,18,19,21,23)/t10-/m0/s1. The molecule has 1 atom stereocenters. The first-order valence-electron chi connectivity index (χ1n) is 8.19. The molecule has 0 aromatic heterocycles. The van der Waals surface area contributed by atoms with Crippen LogP contribution < -0.4 is 15.4 Å². The minimum atomic E-state index is -1.28. The Morgan fingerprint density at radius 1 is 1.26 bits per heavy atom. The van der Waals surface area contributed by atoms with Gasteiger partial charge in [0.25, 0.3) is 5.91 Å². The summed E-state index contributed by atoms with van der Waals surface area (Å²) in [6.45, 7) is 8.37. The number of urea groups is 1. The number of nitrogens with one attached hydrogen (secondary N) is 2. The van der Waals surface area contributed by atoms with Gasteiger partial charge in [-0.2, -0.15) is 0 Å². The molecule has 0 saturated carbocycles. The van der Waals surface area contributed by atoms with E-state index in [0.29, 0.717) is 0 Å². The molecular weight excluding hydrogens is 358 g/mol. The number of benzene rings is 1. The topological polar surface area (TPSA) is 137 Å². The van der Waals surface area contributed by atoms with Gasteiger partial charge in [-0.15, -0.1) is 0 Å². The van der Waals surface area contributed by atoms with Gasteiger partial charge in [0.2, 0.25) is 0 Å². The lowest BCUT2D eigenvalue weighted by Gasteiger charge is -2.21. The monoisotopic (exact) mass is 381 g/mol. The van der Waals surface area contributed by atoms with E-state index in [1.807, 2.05) is 0 Å². The number of carbonyl (C=O) groups excluding carboxylic acids is 3. The molecule has 148 valence electrons. The molecule has 0 unspecified atom stereocenters. The van der Waals surface area contributed by atoms with Gasteiger partial charge in [0.15, 0.2) is 11.9 Å². The van der Waals surface area contributed by atoms with E-state index < -0.39 is 40.2 Å². The maximum absolute atomic E-state index is 12.2. The van der Waals surface area contributed by atoms with Gasteiger partial charge in [-0.1, -0.05) is 0 Å². The number of esters is 1. The van der Waals surface area contributed by atoms with Crippen LogP contribution in [-0.4, -0.2) is 41.1 Å². The van der Waals surface area contributed by atoms with Crippen LogP contribution in [0.3, 0.4) is 0 Å². The molecule has 2 N–H and O–H groups in total. The van der Waals surface area contributed by atoms with Crippen molar-refractivity contribution in [1.82, 2.24) is 10.6 Å². The molecule has 0 heterocycles. The maximum atomic E-state index is 12.2. The van der Waals surface area contributed by atoms with Crippen molar-refractivity contribution in [1.29, 1.82) is 0 Å². The van der Waals surface area contributed by atoms with Gasteiger partial charge >= 0.3 is 17.7 Å². The lowest BCUT2D eigenvalue weighted by Crippen LogP contribution is -2.50. The number of rotatable bonds is 6.